The van der Waals surface area contributed by atoms with Crippen molar-refractivity contribution in [1.82, 2.24) is 5.32 Å². The molecule has 0 heterocycles. The fourth-order valence-electron chi connectivity index (χ4n) is 1.95. The van der Waals surface area contributed by atoms with Crippen LogP contribution in [0.5, 0.6) is 5.75 Å². The van der Waals surface area contributed by atoms with Crippen molar-refractivity contribution >= 4 is 17.7 Å². The van der Waals surface area contributed by atoms with Gasteiger partial charge < -0.3 is 10.1 Å². The Kier molecular flexibility index (Phi) is 6.34. The zero-order chi connectivity index (χ0) is 15.8. The molecule has 1 N–H and O–H groups in total. The molecule has 0 fully saturated rings. The second kappa shape index (κ2) is 8.49. The largest absolute Gasteiger partial charge is 0.481 e. The Balaban J connectivity index is 1.70. The molecule has 0 aliphatic carbocycles. The number of carbonyl (C=O) groups excluding carboxylic acids is 1. The Bertz CT molecular complexity index is 601. The fourth-order valence-corrected chi connectivity index (χ4v) is 2.74. The van der Waals surface area contributed by atoms with Gasteiger partial charge in [0.1, 0.15) is 5.75 Å². The molecule has 4 heteroatoms. The molecule has 22 heavy (non-hydrogen) atoms. The first-order valence-corrected chi connectivity index (χ1v) is 8.32. The van der Waals surface area contributed by atoms with E-state index in [9.17, 15) is 4.79 Å². The van der Waals surface area contributed by atoms with Gasteiger partial charge in [-0.3, -0.25) is 4.79 Å². The van der Waals surface area contributed by atoms with Crippen molar-refractivity contribution in [3.63, 3.8) is 0 Å². The van der Waals surface area contributed by atoms with Crippen molar-refractivity contribution in [1.29, 1.82) is 0 Å². The lowest BCUT2D eigenvalue weighted by Crippen LogP contribution is -2.37. The zero-order valence-electron chi connectivity index (χ0n) is 12.9. The van der Waals surface area contributed by atoms with E-state index in [1.54, 1.807) is 18.7 Å². The highest BCUT2D eigenvalue weighted by molar-refractivity contribution is 7.99. The number of hydrogen-bond acceptors (Lipinski definition) is 3. The molecule has 116 valence electrons. The standard InChI is InChI=1S/C18H21NO2S/c1-14-7-6-8-16(13-14)21-15(2)18(20)19-11-12-22-17-9-4-3-5-10-17/h3-10,13,15H,11-12H2,1-2H3,(H,19,20)/t15-/m0/s1. The average Bonchev–Trinajstić information content (AvgIpc) is 2.52. The second-order valence-electron chi connectivity index (χ2n) is 5.03. The molecule has 0 unspecified atom stereocenters. The maximum absolute atomic E-state index is 12.0. The lowest BCUT2D eigenvalue weighted by Gasteiger charge is -2.15. The van der Waals surface area contributed by atoms with Crippen LogP contribution in [-0.4, -0.2) is 24.3 Å². The maximum Gasteiger partial charge on any atom is 0.260 e. The summed E-state index contributed by atoms with van der Waals surface area (Å²) in [6.45, 7) is 4.39. The van der Waals surface area contributed by atoms with Gasteiger partial charge in [0.2, 0.25) is 0 Å². The van der Waals surface area contributed by atoms with Gasteiger partial charge in [-0.2, -0.15) is 0 Å². The monoisotopic (exact) mass is 315 g/mol. The van der Waals surface area contributed by atoms with Gasteiger partial charge in [-0.05, 0) is 43.7 Å². The van der Waals surface area contributed by atoms with Crippen LogP contribution in [0.1, 0.15) is 12.5 Å². The zero-order valence-corrected chi connectivity index (χ0v) is 13.7. The number of thioether (sulfide) groups is 1. The molecule has 1 atom stereocenters. The minimum absolute atomic E-state index is 0.0878. The molecule has 0 saturated carbocycles. The lowest BCUT2D eigenvalue weighted by atomic mass is 10.2. The van der Waals surface area contributed by atoms with Crippen molar-refractivity contribution in [2.75, 3.05) is 12.3 Å². The molecule has 0 aromatic heterocycles. The van der Waals surface area contributed by atoms with E-state index in [-0.39, 0.29) is 5.91 Å². The van der Waals surface area contributed by atoms with Gasteiger partial charge in [-0.25, -0.2) is 0 Å². The van der Waals surface area contributed by atoms with Crippen LogP contribution in [0.3, 0.4) is 0 Å². The molecule has 0 bridgehead atoms. The smallest absolute Gasteiger partial charge is 0.260 e. The molecule has 2 aromatic rings. The van der Waals surface area contributed by atoms with E-state index in [2.05, 4.69) is 17.4 Å². The summed E-state index contributed by atoms with van der Waals surface area (Å²) in [4.78, 5) is 13.2. The first-order valence-electron chi connectivity index (χ1n) is 7.34. The summed E-state index contributed by atoms with van der Waals surface area (Å²) in [5.41, 5.74) is 1.12. The van der Waals surface area contributed by atoms with E-state index in [1.807, 2.05) is 49.4 Å². The molecule has 0 aliphatic rings. The van der Waals surface area contributed by atoms with E-state index in [1.165, 1.54) is 4.90 Å². The Labute approximate surface area is 136 Å². The van der Waals surface area contributed by atoms with Crippen LogP contribution in [0, 0.1) is 6.92 Å². The molecular weight excluding hydrogens is 294 g/mol. The number of rotatable bonds is 7. The number of amides is 1. The number of ether oxygens (including phenoxy) is 1. The van der Waals surface area contributed by atoms with Crippen LogP contribution in [0.15, 0.2) is 59.5 Å². The van der Waals surface area contributed by atoms with Crippen LogP contribution >= 0.6 is 11.8 Å². The highest BCUT2D eigenvalue weighted by Crippen LogP contribution is 2.16. The molecule has 1 amide bonds. The van der Waals surface area contributed by atoms with Crippen LogP contribution in [-0.2, 0) is 4.79 Å². The summed E-state index contributed by atoms with van der Waals surface area (Å²) in [5.74, 6) is 1.48. The predicted octanol–water partition coefficient (Wildman–Crippen LogP) is 3.67. The molecule has 0 saturated heterocycles. The first-order chi connectivity index (χ1) is 10.6. The summed E-state index contributed by atoms with van der Waals surface area (Å²) in [6, 6.07) is 17.9. The number of nitrogens with one attached hydrogen (secondary N) is 1. The van der Waals surface area contributed by atoms with Crippen LogP contribution in [0.4, 0.5) is 0 Å². The summed E-state index contributed by atoms with van der Waals surface area (Å²) in [5, 5.41) is 2.90. The molecule has 2 rings (SSSR count). The highest BCUT2D eigenvalue weighted by Gasteiger charge is 2.13. The van der Waals surface area contributed by atoms with Crippen LogP contribution in [0.25, 0.3) is 0 Å². The third-order valence-corrected chi connectivity index (χ3v) is 4.10. The van der Waals surface area contributed by atoms with Gasteiger partial charge in [0, 0.05) is 17.2 Å². The van der Waals surface area contributed by atoms with E-state index < -0.39 is 6.10 Å². The Hall–Kier alpha value is -1.94. The number of carbonyl (C=O) groups is 1. The SMILES string of the molecule is Cc1cccc(O[C@@H](C)C(=O)NCCSc2ccccc2)c1. The van der Waals surface area contributed by atoms with E-state index in [0.717, 1.165) is 17.1 Å². The summed E-state index contributed by atoms with van der Waals surface area (Å²) in [6.07, 6.45) is -0.497. The normalized spacial score (nSPS) is 11.7. The predicted molar refractivity (Wildman–Crippen MR) is 91.4 cm³/mol. The average molecular weight is 315 g/mol. The van der Waals surface area contributed by atoms with E-state index in [4.69, 9.17) is 4.74 Å². The van der Waals surface area contributed by atoms with Crippen molar-refractivity contribution in [3.05, 3.63) is 60.2 Å². The van der Waals surface area contributed by atoms with E-state index >= 15 is 0 Å². The van der Waals surface area contributed by atoms with Gasteiger partial charge in [-0.1, -0.05) is 30.3 Å². The third kappa shape index (κ3) is 5.45. The maximum atomic E-state index is 12.0. The Morgan fingerprint density at radius 1 is 1.18 bits per heavy atom. The van der Waals surface area contributed by atoms with Gasteiger partial charge in [-0.15, -0.1) is 11.8 Å². The van der Waals surface area contributed by atoms with Crippen molar-refractivity contribution in [3.8, 4) is 5.75 Å². The van der Waals surface area contributed by atoms with Gasteiger partial charge in [0.15, 0.2) is 6.10 Å². The minimum Gasteiger partial charge on any atom is -0.481 e. The fraction of sp³-hybridized carbons (Fsp3) is 0.278. The molecule has 0 aliphatic heterocycles. The summed E-state index contributed by atoms with van der Waals surface area (Å²) in [7, 11) is 0. The number of hydrogen-bond donors (Lipinski definition) is 1. The van der Waals surface area contributed by atoms with Crippen molar-refractivity contribution < 1.29 is 9.53 Å². The lowest BCUT2D eigenvalue weighted by molar-refractivity contribution is -0.127. The molecule has 0 spiro atoms. The summed E-state index contributed by atoms with van der Waals surface area (Å²) >= 11 is 1.72. The van der Waals surface area contributed by atoms with Crippen LogP contribution < -0.4 is 10.1 Å². The van der Waals surface area contributed by atoms with Gasteiger partial charge in [0.25, 0.3) is 5.91 Å². The second-order valence-corrected chi connectivity index (χ2v) is 6.20. The quantitative estimate of drug-likeness (QED) is 0.626. The highest BCUT2D eigenvalue weighted by atomic mass is 32.2. The minimum atomic E-state index is -0.497. The molecular formula is C18H21NO2S. The summed E-state index contributed by atoms with van der Waals surface area (Å²) < 4.78 is 5.65. The topological polar surface area (TPSA) is 38.3 Å². The molecule has 2 aromatic carbocycles. The Morgan fingerprint density at radius 3 is 2.68 bits per heavy atom. The first kappa shape index (κ1) is 16.4. The van der Waals surface area contributed by atoms with Gasteiger partial charge in [0.05, 0.1) is 0 Å². The third-order valence-electron chi connectivity index (χ3n) is 3.08. The number of aryl methyl sites for hydroxylation is 1. The van der Waals surface area contributed by atoms with E-state index in [0.29, 0.717) is 6.54 Å². The van der Waals surface area contributed by atoms with Crippen molar-refractivity contribution in [2.24, 2.45) is 0 Å². The number of benzene rings is 2. The molecule has 0 radical (unpaired) electrons. The van der Waals surface area contributed by atoms with Gasteiger partial charge >= 0.3 is 0 Å². The van der Waals surface area contributed by atoms with Crippen LogP contribution in [0.2, 0.25) is 0 Å². The Morgan fingerprint density at radius 2 is 1.95 bits per heavy atom. The van der Waals surface area contributed by atoms with Crippen molar-refractivity contribution in [2.45, 2.75) is 24.8 Å². The molecule has 3 nitrogen and oxygen atoms in total.